The molecule has 1 aromatic carbocycles. The number of carboxylic acid groups (broad SMARTS) is 1. The first-order valence-corrected chi connectivity index (χ1v) is 5.45. The number of ether oxygens (including phenoxy) is 1. The Kier molecular flexibility index (Phi) is 4.10. The molecule has 1 N–H and O–H groups in total. The highest BCUT2D eigenvalue weighted by Crippen LogP contribution is 2.34. The second-order valence-electron chi connectivity index (χ2n) is 4.40. The van der Waals surface area contributed by atoms with Gasteiger partial charge in [0.05, 0.1) is 13.0 Å². The van der Waals surface area contributed by atoms with Crippen molar-refractivity contribution in [1.29, 1.82) is 0 Å². The second-order valence-corrected chi connectivity index (χ2v) is 4.40. The summed E-state index contributed by atoms with van der Waals surface area (Å²) in [4.78, 5) is 11.2. The smallest absolute Gasteiger partial charge is 0.311 e. The van der Waals surface area contributed by atoms with Crippen LogP contribution in [0.15, 0.2) is 12.1 Å². The number of hydrogen-bond donors (Lipinski definition) is 1. The van der Waals surface area contributed by atoms with Crippen LogP contribution in [0.5, 0.6) is 5.75 Å². The van der Waals surface area contributed by atoms with E-state index in [0.717, 1.165) is 0 Å². The predicted molar refractivity (Wildman–Crippen MR) is 62.9 cm³/mol. The number of hydrogen-bond acceptors (Lipinski definition) is 2. The van der Waals surface area contributed by atoms with Gasteiger partial charge in [0.1, 0.15) is 11.6 Å². The third-order valence-corrected chi connectivity index (χ3v) is 2.78. The van der Waals surface area contributed by atoms with Crippen LogP contribution in [0.2, 0.25) is 0 Å². The fourth-order valence-electron chi connectivity index (χ4n) is 1.87. The topological polar surface area (TPSA) is 46.5 Å². The molecule has 1 aromatic rings. The summed E-state index contributed by atoms with van der Waals surface area (Å²) in [6, 6.07) is 2.79. The van der Waals surface area contributed by atoms with E-state index in [1.165, 1.54) is 19.2 Å². The van der Waals surface area contributed by atoms with Crippen molar-refractivity contribution in [3.05, 3.63) is 29.1 Å². The van der Waals surface area contributed by atoms with E-state index in [2.05, 4.69) is 0 Å². The van der Waals surface area contributed by atoms with Gasteiger partial charge in [-0.1, -0.05) is 13.8 Å². The molecule has 17 heavy (non-hydrogen) atoms. The summed E-state index contributed by atoms with van der Waals surface area (Å²) in [5, 5.41) is 9.20. The minimum absolute atomic E-state index is 0.136. The van der Waals surface area contributed by atoms with Crippen molar-refractivity contribution in [3.8, 4) is 5.75 Å². The molecule has 1 unspecified atom stereocenters. The fraction of sp³-hybridized carbons (Fsp3) is 0.462. The quantitative estimate of drug-likeness (QED) is 0.880. The molecular weight excluding hydrogens is 223 g/mol. The Morgan fingerprint density at radius 3 is 2.41 bits per heavy atom. The van der Waals surface area contributed by atoms with Crippen molar-refractivity contribution >= 4 is 5.97 Å². The molecule has 1 rings (SSSR count). The molecule has 0 saturated carbocycles. The van der Waals surface area contributed by atoms with E-state index in [0.29, 0.717) is 16.9 Å². The molecular formula is C13H17FO3. The molecule has 0 aliphatic rings. The third kappa shape index (κ3) is 2.75. The highest BCUT2D eigenvalue weighted by atomic mass is 19.1. The molecule has 0 saturated heterocycles. The summed E-state index contributed by atoms with van der Waals surface area (Å²) in [5.41, 5.74) is 0.830. The van der Waals surface area contributed by atoms with E-state index in [1.54, 1.807) is 20.8 Å². The summed E-state index contributed by atoms with van der Waals surface area (Å²) >= 11 is 0. The lowest BCUT2D eigenvalue weighted by molar-refractivity contribution is -0.139. The molecule has 4 heteroatoms. The number of benzene rings is 1. The summed E-state index contributed by atoms with van der Waals surface area (Å²) in [5.74, 6) is -1.86. The van der Waals surface area contributed by atoms with Gasteiger partial charge in [0.25, 0.3) is 0 Å². The van der Waals surface area contributed by atoms with Crippen molar-refractivity contribution in [3.63, 3.8) is 0 Å². The summed E-state index contributed by atoms with van der Waals surface area (Å²) in [7, 11) is 1.45. The van der Waals surface area contributed by atoms with Crippen LogP contribution in [0.1, 0.15) is 30.9 Å². The molecule has 0 amide bonds. The molecule has 3 nitrogen and oxygen atoms in total. The Morgan fingerprint density at radius 2 is 2.00 bits per heavy atom. The first kappa shape index (κ1) is 13.5. The van der Waals surface area contributed by atoms with Crippen LogP contribution in [0.4, 0.5) is 4.39 Å². The molecule has 0 radical (unpaired) electrons. The Labute approximate surface area is 100 Å². The van der Waals surface area contributed by atoms with E-state index in [1.807, 2.05) is 0 Å². The van der Waals surface area contributed by atoms with Crippen LogP contribution >= 0.6 is 0 Å². The number of carbonyl (C=O) groups is 1. The summed E-state index contributed by atoms with van der Waals surface area (Å²) in [6.45, 7) is 5.19. The standard InChI is InChI=1S/C13H17FO3/c1-7(2)12(13(15)16)9-6-10(14)8(3)5-11(9)17-4/h5-7,12H,1-4H3,(H,15,16). The number of aliphatic carboxylic acids is 1. The van der Waals surface area contributed by atoms with Gasteiger partial charge in [0.2, 0.25) is 0 Å². The van der Waals surface area contributed by atoms with E-state index in [4.69, 9.17) is 4.74 Å². The number of rotatable bonds is 4. The maximum atomic E-state index is 13.5. The highest BCUT2D eigenvalue weighted by Gasteiger charge is 2.27. The van der Waals surface area contributed by atoms with E-state index < -0.39 is 17.7 Å². The number of methoxy groups -OCH3 is 1. The van der Waals surface area contributed by atoms with Crippen molar-refractivity contribution in [2.24, 2.45) is 5.92 Å². The van der Waals surface area contributed by atoms with Crippen LogP contribution in [-0.4, -0.2) is 18.2 Å². The van der Waals surface area contributed by atoms with Gasteiger partial charge >= 0.3 is 5.97 Å². The van der Waals surface area contributed by atoms with Crippen molar-refractivity contribution in [1.82, 2.24) is 0 Å². The average Bonchev–Trinajstić information content (AvgIpc) is 2.22. The molecule has 0 fully saturated rings. The molecule has 94 valence electrons. The van der Waals surface area contributed by atoms with Crippen LogP contribution < -0.4 is 4.74 Å². The van der Waals surface area contributed by atoms with Crippen LogP contribution in [-0.2, 0) is 4.79 Å². The Hall–Kier alpha value is -1.58. The van der Waals surface area contributed by atoms with Gasteiger partial charge in [-0.25, -0.2) is 4.39 Å². The zero-order chi connectivity index (χ0) is 13.2. The zero-order valence-electron chi connectivity index (χ0n) is 10.5. The maximum absolute atomic E-state index is 13.5. The molecule has 0 aliphatic heterocycles. The van der Waals surface area contributed by atoms with Crippen molar-refractivity contribution in [2.45, 2.75) is 26.7 Å². The van der Waals surface area contributed by atoms with Gasteiger partial charge in [-0.2, -0.15) is 0 Å². The highest BCUT2D eigenvalue weighted by molar-refractivity contribution is 5.77. The van der Waals surface area contributed by atoms with Crippen molar-refractivity contribution < 1.29 is 19.0 Å². The molecule has 0 spiro atoms. The van der Waals surface area contributed by atoms with Gasteiger partial charge in [0, 0.05) is 5.56 Å². The van der Waals surface area contributed by atoms with Crippen LogP contribution in [0.25, 0.3) is 0 Å². The Balaban J connectivity index is 3.36. The van der Waals surface area contributed by atoms with E-state index in [-0.39, 0.29) is 5.92 Å². The first-order valence-electron chi connectivity index (χ1n) is 5.45. The van der Waals surface area contributed by atoms with E-state index >= 15 is 0 Å². The van der Waals surface area contributed by atoms with Gasteiger partial charge < -0.3 is 9.84 Å². The number of halogens is 1. The molecule has 0 aromatic heterocycles. The van der Waals surface area contributed by atoms with Gasteiger partial charge in [-0.15, -0.1) is 0 Å². The first-order chi connectivity index (χ1) is 7.88. The van der Waals surface area contributed by atoms with Crippen molar-refractivity contribution in [2.75, 3.05) is 7.11 Å². The minimum Gasteiger partial charge on any atom is -0.496 e. The summed E-state index contributed by atoms with van der Waals surface area (Å²) in [6.07, 6.45) is 0. The number of aryl methyl sites for hydroxylation is 1. The average molecular weight is 240 g/mol. The van der Waals surface area contributed by atoms with Gasteiger partial charge in [0.15, 0.2) is 0 Å². The largest absolute Gasteiger partial charge is 0.496 e. The lowest BCUT2D eigenvalue weighted by atomic mass is 9.87. The molecule has 0 bridgehead atoms. The molecule has 1 atom stereocenters. The Bertz CT molecular complexity index is 427. The monoisotopic (exact) mass is 240 g/mol. The Morgan fingerprint density at radius 1 is 1.41 bits per heavy atom. The molecule has 0 heterocycles. The normalized spacial score (nSPS) is 12.6. The zero-order valence-corrected chi connectivity index (χ0v) is 10.5. The van der Waals surface area contributed by atoms with Gasteiger partial charge in [-0.05, 0) is 30.5 Å². The molecule has 0 aliphatic carbocycles. The third-order valence-electron chi connectivity index (χ3n) is 2.78. The SMILES string of the molecule is COc1cc(C)c(F)cc1C(C(=O)O)C(C)C. The van der Waals surface area contributed by atoms with E-state index in [9.17, 15) is 14.3 Å². The second kappa shape index (κ2) is 5.17. The predicted octanol–water partition coefficient (Wildman–Crippen LogP) is 2.97. The minimum atomic E-state index is -0.971. The lowest BCUT2D eigenvalue weighted by Crippen LogP contribution is -2.18. The summed E-state index contributed by atoms with van der Waals surface area (Å²) < 4.78 is 18.7. The van der Waals surface area contributed by atoms with Crippen LogP contribution in [0.3, 0.4) is 0 Å². The maximum Gasteiger partial charge on any atom is 0.311 e. The van der Waals surface area contributed by atoms with Crippen LogP contribution in [0, 0.1) is 18.7 Å². The van der Waals surface area contributed by atoms with Gasteiger partial charge in [-0.3, -0.25) is 4.79 Å². The lowest BCUT2D eigenvalue weighted by Gasteiger charge is -2.20. The fourth-order valence-corrected chi connectivity index (χ4v) is 1.87. The number of carboxylic acids is 1.